The Morgan fingerprint density at radius 1 is 0.897 bits per heavy atom. The molecule has 10 atom stereocenters. The number of hydrogen-bond acceptors (Lipinski definition) is 19. The van der Waals surface area contributed by atoms with E-state index < -0.39 is 113 Å². The number of esters is 3. The molecule has 0 aromatic heterocycles. The monoisotopic (exact) mass is 1090 g/mol. The van der Waals surface area contributed by atoms with Crippen molar-refractivity contribution in [3.63, 3.8) is 0 Å². The normalized spacial score (nSPS) is 29.7. The molecule has 7 rings (SSSR count). The van der Waals surface area contributed by atoms with Gasteiger partial charge in [0.05, 0.1) is 54.0 Å². The topological polar surface area (TPSA) is 295 Å². The van der Waals surface area contributed by atoms with Crippen LogP contribution < -0.4 is 20.7 Å². The number of allylic oxidation sites excluding steroid dienone is 3. The van der Waals surface area contributed by atoms with E-state index in [0.29, 0.717) is 37.6 Å². The number of ketones is 1. The predicted octanol–water partition coefficient (Wildman–Crippen LogP) is 4.97. The number of likely N-dealkylation sites (tertiary alicyclic amines) is 1. The molecule has 1 aliphatic carbocycles. The number of aromatic hydroxyl groups is 1. The van der Waals surface area contributed by atoms with Crippen molar-refractivity contribution < 1.29 is 77.4 Å². The second kappa shape index (κ2) is 25.4. The lowest BCUT2D eigenvalue weighted by Crippen LogP contribution is -2.54. The SMILES string of the molecule is CC(=O)O[C@H]1[C@H](C)[C@H](O)[C@H](C)[C@@H](OC(=O)CCCOC(=O)CCC(=O)NC(C=O)C=O)[C@@H](C)/C=C/C=C(/C)C(=O)NC2=C(O)c3c(O)c(C)c4c(c3C3=NC5(CCN(CC(C)C)CC5)NC32)C(=O)[C@@](C)(O/C=C/[C@H](C)[C@H]1C)O4. The van der Waals surface area contributed by atoms with E-state index in [2.05, 4.69) is 34.7 Å². The van der Waals surface area contributed by atoms with E-state index in [9.17, 15) is 53.7 Å². The Kier molecular flexibility index (Phi) is 19.7. The third-order valence-electron chi connectivity index (χ3n) is 15.5. The maximum atomic E-state index is 14.9. The zero-order valence-corrected chi connectivity index (χ0v) is 46.5. The Morgan fingerprint density at radius 3 is 2.21 bits per heavy atom. The smallest absolute Gasteiger partial charge is 0.312 e. The molecule has 0 radical (unpaired) electrons. The molecule has 2 amide bonds. The standard InChI is InChI=1S/C57H77N5O16/c1-29(2)26-62-22-20-57(21-23-62)60-45-42-43-49(70)36(9)53-44(42)54(72)56(11,78-53)75-25-19-30(3)33(6)52(76-37(10)65)35(8)48(69)34(7)51(31(4)14-12-15-32(5)55(73)59-47(50(43)71)46(45)61-57)77-41(68)16-13-24-74-40(67)18-17-39(66)58-38(27-63)28-64/h12,14-15,19,25,27-31,33-35,38,46,48,51-52,61,69-71H,13,16-18,20-24,26H2,1-11H3,(H,58,66)(H,59,73)/b14-12+,25-19+,32-15-/t30-,31-,33+,34-,35+,46?,48+,51-,52+,56-/m0/s1. The van der Waals surface area contributed by atoms with Crippen molar-refractivity contribution in [1.82, 2.24) is 20.9 Å². The summed E-state index contributed by atoms with van der Waals surface area (Å²) in [5, 5.41) is 45.1. The molecule has 1 saturated heterocycles. The number of nitrogens with zero attached hydrogens (tertiary/aromatic N) is 2. The van der Waals surface area contributed by atoms with Gasteiger partial charge in [-0.05, 0) is 56.9 Å². The highest BCUT2D eigenvalue weighted by molar-refractivity contribution is 6.23. The van der Waals surface area contributed by atoms with Crippen LogP contribution in [-0.2, 0) is 52.5 Å². The second-order valence-electron chi connectivity index (χ2n) is 22.0. The molecule has 0 saturated carbocycles. The average Bonchev–Trinajstić information content (AvgIpc) is 4.14. The number of aliphatic hydroxyl groups is 2. The molecule has 1 aromatic rings. The first-order valence-electron chi connectivity index (χ1n) is 26.8. The van der Waals surface area contributed by atoms with E-state index in [-0.39, 0.29) is 89.9 Å². The van der Waals surface area contributed by atoms with Crippen molar-refractivity contribution in [3.8, 4) is 11.5 Å². The molecule has 5 bridgehead atoms. The Bertz CT molecular complexity index is 2660. The number of ether oxygens (including phenoxy) is 5. The van der Waals surface area contributed by atoms with Gasteiger partial charge in [0.25, 0.3) is 11.7 Å². The van der Waals surface area contributed by atoms with E-state index in [0.717, 1.165) is 6.54 Å². The van der Waals surface area contributed by atoms with Crippen molar-refractivity contribution in [1.29, 1.82) is 0 Å². The molecule has 1 spiro atoms. The van der Waals surface area contributed by atoms with Gasteiger partial charge >= 0.3 is 23.7 Å². The van der Waals surface area contributed by atoms with E-state index in [1.807, 2.05) is 13.8 Å². The summed E-state index contributed by atoms with van der Waals surface area (Å²) in [4.78, 5) is 109. The van der Waals surface area contributed by atoms with Gasteiger partial charge in [0, 0.05) is 80.8 Å². The van der Waals surface area contributed by atoms with Gasteiger partial charge in [-0.2, -0.15) is 0 Å². The van der Waals surface area contributed by atoms with Gasteiger partial charge in [0.15, 0.2) is 0 Å². The van der Waals surface area contributed by atoms with Crippen molar-refractivity contribution in [2.24, 2.45) is 40.5 Å². The number of aliphatic hydroxyl groups excluding tert-OH is 2. The van der Waals surface area contributed by atoms with Crippen LogP contribution in [0.4, 0.5) is 0 Å². The number of hydrogen-bond donors (Lipinski definition) is 6. The number of phenolic OH excluding ortho intramolecular Hbond substituents is 1. The number of nitrogens with one attached hydrogen (secondary N) is 3. The largest absolute Gasteiger partial charge is 0.507 e. The summed E-state index contributed by atoms with van der Waals surface area (Å²) < 4.78 is 29.7. The van der Waals surface area contributed by atoms with Gasteiger partial charge in [-0.15, -0.1) is 0 Å². The van der Waals surface area contributed by atoms with E-state index >= 15 is 0 Å². The van der Waals surface area contributed by atoms with Gasteiger partial charge in [0.2, 0.25) is 5.91 Å². The number of carbonyl (C=O) groups excluding carboxylic acids is 8. The summed E-state index contributed by atoms with van der Waals surface area (Å²) in [7, 11) is 0. The Balaban J connectivity index is 1.34. The van der Waals surface area contributed by atoms with Crippen LogP contribution in [0.15, 0.2) is 46.8 Å². The van der Waals surface area contributed by atoms with Gasteiger partial charge in [-0.25, -0.2) is 0 Å². The van der Waals surface area contributed by atoms with Gasteiger partial charge in [0.1, 0.15) is 53.7 Å². The first-order chi connectivity index (χ1) is 36.8. The fourth-order valence-electron chi connectivity index (χ4n) is 10.8. The summed E-state index contributed by atoms with van der Waals surface area (Å²) >= 11 is 0. The quantitative estimate of drug-likeness (QED) is 0.0471. The number of fused-ring (bicyclic) bond motifs is 13. The van der Waals surface area contributed by atoms with Crippen LogP contribution in [0, 0.1) is 42.4 Å². The number of rotatable bonds is 14. The molecular weight excluding hydrogens is 1010 g/mol. The number of piperidine rings is 1. The third-order valence-corrected chi connectivity index (χ3v) is 15.5. The van der Waals surface area contributed by atoms with Crippen molar-refractivity contribution >= 4 is 59.5 Å². The molecule has 1 fully saturated rings. The van der Waals surface area contributed by atoms with Crippen molar-refractivity contribution in [3.05, 3.63) is 64.1 Å². The van der Waals surface area contributed by atoms with Gasteiger partial charge in [-0.1, -0.05) is 66.7 Å². The highest BCUT2D eigenvalue weighted by Gasteiger charge is 2.55. The first kappa shape index (κ1) is 60.5. The second-order valence-corrected chi connectivity index (χ2v) is 22.0. The number of benzene rings is 1. The summed E-state index contributed by atoms with van der Waals surface area (Å²) in [6, 6.07) is -2.26. The fraction of sp³-hybridized carbons (Fsp3) is 0.596. The number of amides is 2. The van der Waals surface area contributed by atoms with Crippen LogP contribution >= 0.6 is 0 Å². The molecule has 78 heavy (non-hydrogen) atoms. The van der Waals surface area contributed by atoms with Crippen LogP contribution in [-0.4, -0.2) is 142 Å². The Hall–Kier alpha value is -6.71. The summed E-state index contributed by atoms with van der Waals surface area (Å²) in [5.74, 6) is -9.34. The molecular formula is C57H77N5O16. The van der Waals surface area contributed by atoms with Crippen LogP contribution in [0.3, 0.4) is 0 Å². The minimum absolute atomic E-state index is 0.0244. The number of aliphatic imine (C=N–C) groups is 1. The summed E-state index contributed by atoms with van der Waals surface area (Å²) in [5.41, 5.74) is -0.0311. The van der Waals surface area contributed by atoms with Crippen LogP contribution in [0.1, 0.15) is 135 Å². The number of aldehydes is 2. The number of phenols is 1. The summed E-state index contributed by atoms with van der Waals surface area (Å²) in [6.07, 6.45) is 5.49. The molecule has 6 N–H and O–H groups in total. The molecule has 426 valence electrons. The van der Waals surface area contributed by atoms with Crippen molar-refractivity contribution in [2.75, 3.05) is 26.2 Å². The van der Waals surface area contributed by atoms with Crippen LogP contribution in [0.25, 0.3) is 5.76 Å². The number of Topliss-reactive ketones (excluding diaryl/α,β-unsaturated/α-hetero) is 1. The molecule has 1 unspecified atom stereocenters. The minimum Gasteiger partial charge on any atom is -0.507 e. The lowest BCUT2D eigenvalue weighted by Gasteiger charge is -2.39. The van der Waals surface area contributed by atoms with Crippen LogP contribution in [0.2, 0.25) is 0 Å². The lowest BCUT2D eigenvalue weighted by molar-refractivity contribution is -0.164. The highest BCUT2D eigenvalue weighted by Crippen LogP contribution is 2.51. The molecule has 21 nitrogen and oxygen atoms in total. The maximum absolute atomic E-state index is 14.9. The lowest BCUT2D eigenvalue weighted by atomic mass is 9.77. The average molecular weight is 1090 g/mol. The van der Waals surface area contributed by atoms with E-state index in [1.165, 1.54) is 26.2 Å². The van der Waals surface area contributed by atoms with E-state index in [1.54, 1.807) is 52.8 Å². The Labute approximate surface area is 455 Å². The number of carbonyl (C=O) groups is 8. The van der Waals surface area contributed by atoms with Crippen LogP contribution in [0.5, 0.6) is 11.5 Å². The first-order valence-corrected chi connectivity index (χ1v) is 26.8. The van der Waals surface area contributed by atoms with Crippen molar-refractivity contribution in [2.45, 2.75) is 157 Å². The predicted molar refractivity (Wildman–Crippen MR) is 284 cm³/mol. The molecule has 1 aromatic carbocycles. The minimum atomic E-state index is -1.96. The highest BCUT2D eigenvalue weighted by atomic mass is 16.7. The van der Waals surface area contributed by atoms with Gasteiger partial charge < -0.3 is 64.1 Å². The molecule has 6 aliphatic rings. The Morgan fingerprint density at radius 2 is 1.56 bits per heavy atom. The zero-order chi connectivity index (χ0) is 57.6. The zero-order valence-electron chi connectivity index (χ0n) is 46.5. The maximum Gasteiger partial charge on any atom is 0.312 e. The molecule has 21 heteroatoms. The third kappa shape index (κ3) is 13.4. The molecule has 5 aliphatic heterocycles. The molecule has 5 heterocycles. The fourth-order valence-corrected chi connectivity index (χ4v) is 10.8. The van der Waals surface area contributed by atoms with Gasteiger partial charge in [-0.3, -0.25) is 39.1 Å². The van der Waals surface area contributed by atoms with E-state index in [4.69, 9.17) is 28.7 Å². The summed E-state index contributed by atoms with van der Waals surface area (Å²) in [6.45, 7) is 21.1.